The lowest BCUT2D eigenvalue weighted by atomic mass is 9.94. The first-order valence-corrected chi connectivity index (χ1v) is 12.1. The number of amides is 1. The molecule has 1 aliphatic heterocycles. The number of methoxy groups -OCH3 is 3. The minimum atomic E-state index is -0.789. The van der Waals surface area contributed by atoms with Crippen LogP contribution in [0.1, 0.15) is 48.9 Å². The molecular formula is C28H35NO7. The first kappa shape index (κ1) is 27.1. The number of unbranched alkanes of at least 4 members (excludes halogenated alkanes) is 1. The van der Waals surface area contributed by atoms with Crippen molar-refractivity contribution >= 4 is 17.4 Å². The van der Waals surface area contributed by atoms with Crippen molar-refractivity contribution in [3.05, 3.63) is 58.7 Å². The summed E-state index contributed by atoms with van der Waals surface area (Å²) in [6, 6.07) is 9.67. The summed E-state index contributed by atoms with van der Waals surface area (Å²) >= 11 is 0. The summed E-state index contributed by atoms with van der Waals surface area (Å²) in [6.45, 7) is 5.30. The minimum Gasteiger partial charge on any atom is -0.507 e. The van der Waals surface area contributed by atoms with E-state index in [1.54, 1.807) is 43.5 Å². The lowest BCUT2D eigenvalue weighted by Gasteiger charge is -2.26. The van der Waals surface area contributed by atoms with Crippen LogP contribution in [-0.4, -0.2) is 62.8 Å². The highest BCUT2D eigenvalue weighted by molar-refractivity contribution is 6.46. The number of aliphatic hydroxyl groups is 1. The summed E-state index contributed by atoms with van der Waals surface area (Å²) in [5, 5.41) is 11.3. The Morgan fingerprint density at radius 2 is 1.67 bits per heavy atom. The Bertz CT molecular complexity index is 1120. The fraction of sp³-hybridized carbons (Fsp3) is 0.429. The molecule has 194 valence electrons. The van der Waals surface area contributed by atoms with Gasteiger partial charge in [0.15, 0.2) is 11.5 Å². The van der Waals surface area contributed by atoms with Crippen molar-refractivity contribution in [1.29, 1.82) is 0 Å². The van der Waals surface area contributed by atoms with Crippen LogP contribution in [0.3, 0.4) is 0 Å². The molecule has 8 nitrogen and oxygen atoms in total. The van der Waals surface area contributed by atoms with Gasteiger partial charge < -0.3 is 29.0 Å². The van der Waals surface area contributed by atoms with E-state index < -0.39 is 17.7 Å². The SMILES string of the molecule is CCCCOc1ccc(/C(O)=C2\C(=O)C(=O)N(CCCOC)C2c2ccc(OC)c(OC)c2)cc1C. The first-order valence-electron chi connectivity index (χ1n) is 12.1. The average molecular weight is 498 g/mol. The normalized spacial score (nSPS) is 16.9. The zero-order valence-corrected chi connectivity index (χ0v) is 21.6. The number of carbonyl (C=O) groups excluding carboxylic acids is 2. The van der Waals surface area contributed by atoms with E-state index in [-0.39, 0.29) is 17.9 Å². The zero-order chi connectivity index (χ0) is 26.2. The van der Waals surface area contributed by atoms with Gasteiger partial charge in [-0.15, -0.1) is 0 Å². The molecule has 1 atom stereocenters. The third-order valence-electron chi connectivity index (χ3n) is 6.21. The van der Waals surface area contributed by atoms with Gasteiger partial charge in [-0.1, -0.05) is 19.4 Å². The molecule has 2 aromatic carbocycles. The quantitative estimate of drug-likeness (QED) is 0.197. The molecule has 1 unspecified atom stereocenters. The van der Waals surface area contributed by atoms with Crippen molar-refractivity contribution in [3.8, 4) is 17.2 Å². The number of carbonyl (C=O) groups is 2. The van der Waals surface area contributed by atoms with Crippen LogP contribution in [0.15, 0.2) is 42.0 Å². The summed E-state index contributed by atoms with van der Waals surface area (Å²) in [6.07, 6.45) is 2.51. The standard InChI is InChI=1S/C28H35NO7/c1-6-7-15-36-21-11-10-20(16-18(21)2)26(30)24-25(19-9-12-22(34-4)23(17-19)35-5)29(13-8-14-33-3)28(32)27(24)31/h9-12,16-17,25,30H,6-8,13-15H2,1-5H3/b26-24+. The Hall–Kier alpha value is -3.52. The van der Waals surface area contributed by atoms with Crippen molar-refractivity contribution < 1.29 is 33.6 Å². The number of hydrogen-bond donors (Lipinski definition) is 1. The summed E-state index contributed by atoms with van der Waals surface area (Å²) in [5.74, 6) is 0.0742. The second-order valence-electron chi connectivity index (χ2n) is 8.64. The smallest absolute Gasteiger partial charge is 0.295 e. The molecule has 1 saturated heterocycles. The Labute approximate surface area is 212 Å². The number of aryl methyl sites for hydroxylation is 1. The molecule has 3 rings (SSSR count). The van der Waals surface area contributed by atoms with Gasteiger partial charge >= 0.3 is 0 Å². The van der Waals surface area contributed by atoms with Crippen LogP contribution in [0.4, 0.5) is 0 Å². The molecule has 0 aliphatic carbocycles. The number of ether oxygens (including phenoxy) is 4. The number of hydrogen-bond acceptors (Lipinski definition) is 7. The van der Waals surface area contributed by atoms with Crippen LogP contribution in [0, 0.1) is 6.92 Å². The maximum absolute atomic E-state index is 13.2. The van der Waals surface area contributed by atoms with Crippen LogP contribution in [0.5, 0.6) is 17.2 Å². The van der Waals surface area contributed by atoms with Crippen molar-refractivity contribution in [1.82, 2.24) is 4.90 Å². The number of Topliss-reactive ketones (excluding diaryl/α,β-unsaturated/α-hetero) is 1. The van der Waals surface area contributed by atoms with E-state index in [0.29, 0.717) is 42.3 Å². The number of benzene rings is 2. The molecule has 0 saturated carbocycles. The summed E-state index contributed by atoms with van der Waals surface area (Å²) in [4.78, 5) is 27.8. The van der Waals surface area contributed by atoms with E-state index >= 15 is 0 Å². The summed E-state index contributed by atoms with van der Waals surface area (Å²) < 4.78 is 21.8. The van der Waals surface area contributed by atoms with E-state index in [2.05, 4.69) is 6.92 Å². The van der Waals surface area contributed by atoms with E-state index in [0.717, 1.165) is 24.2 Å². The third kappa shape index (κ3) is 5.65. The van der Waals surface area contributed by atoms with E-state index in [1.807, 2.05) is 6.92 Å². The number of rotatable bonds is 12. The zero-order valence-electron chi connectivity index (χ0n) is 21.6. The summed E-state index contributed by atoms with van der Waals surface area (Å²) in [5.41, 5.74) is 1.92. The van der Waals surface area contributed by atoms with Crippen LogP contribution in [0.2, 0.25) is 0 Å². The highest BCUT2D eigenvalue weighted by Crippen LogP contribution is 2.42. The van der Waals surface area contributed by atoms with Crippen molar-refractivity contribution in [3.63, 3.8) is 0 Å². The van der Waals surface area contributed by atoms with Gasteiger partial charge in [-0.05, 0) is 61.2 Å². The monoisotopic (exact) mass is 497 g/mol. The lowest BCUT2D eigenvalue weighted by Crippen LogP contribution is -2.31. The molecule has 2 aromatic rings. The predicted molar refractivity (Wildman–Crippen MR) is 137 cm³/mol. The molecule has 0 radical (unpaired) electrons. The number of ketones is 1. The molecule has 1 aliphatic rings. The van der Waals surface area contributed by atoms with Gasteiger partial charge in [0.05, 0.1) is 32.4 Å². The average Bonchev–Trinajstić information content (AvgIpc) is 3.14. The second kappa shape index (κ2) is 12.4. The van der Waals surface area contributed by atoms with Gasteiger partial charge in [0, 0.05) is 25.8 Å². The molecular weight excluding hydrogens is 462 g/mol. The predicted octanol–water partition coefficient (Wildman–Crippen LogP) is 4.65. The van der Waals surface area contributed by atoms with Crippen LogP contribution < -0.4 is 14.2 Å². The van der Waals surface area contributed by atoms with Gasteiger partial charge in [0.1, 0.15) is 11.5 Å². The molecule has 1 heterocycles. The lowest BCUT2D eigenvalue weighted by molar-refractivity contribution is -0.140. The fourth-order valence-electron chi connectivity index (χ4n) is 4.30. The molecule has 1 N–H and O–H groups in total. The maximum atomic E-state index is 13.2. The summed E-state index contributed by atoms with van der Waals surface area (Å²) in [7, 11) is 4.63. The fourth-order valence-corrected chi connectivity index (χ4v) is 4.30. The minimum absolute atomic E-state index is 0.0312. The van der Waals surface area contributed by atoms with Gasteiger partial charge in [0.2, 0.25) is 0 Å². The highest BCUT2D eigenvalue weighted by Gasteiger charge is 2.46. The molecule has 0 bridgehead atoms. The van der Waals surface area contributed by atoms with Crippen molar-refractivity contribution in [2.24, 2.45) is 0 Å². The van der Waals surface area contributed by atoms with E-state index in [4.69, 9.17) is 18.9 Å². The Morgan fingerprint density at radius 3 is 2.31 bits per heavy atom. The number of aliphatic hydroxyl groups excluding tert-OH is 1. The molecule has 36 heavy (non-hydrogen) atoms. The maximum Gasteiger partial charge on any atom is 0.295 e. The van der Waals surface area contributed by atoms with Crippen molar-refractivity contribution in [2.45, 2.75) is 39.2 Å². The van der Waals surface area contributed by atoms with Gasteiger partial charge in [-0.3, -0.25) is 9.59 Å². The molecule has 0 spiro atoms. The van der Waals surface area contributed by atoms with Crippen molar-refractivity contribution in [2.75, 3.05) is 41.1 Å². The van der Waals surface area contributed by atoms with Gasteiger partial charge in [0.25, 0.3) is 11.7 Å². The largest absolute Gasteiger partial charge is 0.507 e. The number of likely N-dealkylation sites (tertiary alicyclic amines) is 1. The van der Waals surface area contributed by atoms with Crippen LogP contribution >= 0.6 is 0 Å². The molecule has 8 heteroatoms. The highest BCUT2D eigenvalue weighted by atomic mass is 16.5. The van der Waals surface area contributed by atoms with Crippen LogP contribution in [-0.2, 0) is 14.3 Å². The van der Waals surface area contributed by atoms with Crippen LogP contribution in [0.25, 0.3) is 5.76 Å². The third-order valence-corrected chi connectivity index (χ3v) is 6.21. The molecule has 0 aromatic heterocycles. The first-order chi connectivity index (χ1) is 17.4. The molecule has 1 fully saturated rings. The number of nitrogens with zero attached hydrogens (tertiary/aromatic N) is 1. The van der Waals surface area contributed by atoms with Gasteiger partial charge in [-0.25, -0.2) is 0 Å². The Balaban J connectivity index is 2.09. The Kier molecular flexibility index (Phi) is 9.36. The van der Waals surface area contributed by atoms with Gasteiger partial charge in [-0.2, -0.15) is 0 Å². The van der Waals surface area contributed by atoms with E-state index in [1.165, 1.54) is 19.1 Å². The Morgan fingerprint density at radius 1 is 0.944 bits per heavy atom. The topological polar surface area (TPSA) is 94.5 Å². The molecule has 1 amide bonds. The second-order valence-corrected chi connectivity index (χ2v) is 8.64. The van der Waals surface area contributed by atoms with E-state index in [9.17, 15) is 14.7 Å².